The maximum Gasteiger partial charge on any atom is 0.472 e. The number of aliphatic hydroxyl groups is 1. The van der Waals surface area contributed by atoms with E-state index in [0.717, 1.165) is 127 Å². The van der Waals surface area contributed by atoms with Gasteiger partial charge in [-0.2, -0.15) is 0 Å². The van der Waals surface area contributed by atoms with E-state index >= 15 is 0 Å². The van der Waals surface area contributed by atoms with Crippen molar-refractivity contribution in [3.63, 3.8) is 0 Å². The molecule has 0 aliphatic rings. The monoisotopic (exact) mass is 1390 g/mol. The van der Waals surface area contributed by atoms with Gasteiger partial charge in [0, 0.05) is 25.7 Å². The Morgan fingerprint density at radius 1 is 0.347 bits per heavy atom. The Morgan fingerprint density at radius 2 is 0.621 bits per heavy atom. The molecule has 0 aliphatic carbocycles. The van der Waals surface area contributed by atoms with Gasteiger partial charge in [-0.15, -0.1) is 0 Å². The highest BCUT2D eigenvalue weighted by Gasteiger charge is 2.30. The van der Waals surface area contributed by atoms with Gasteiger partial charge in [0.25, 0.3) is 0 Å². The van der Waals surface area contributed by atoms with E-state index in [9.17, 15) is 43.2 Å². The van der Waals surface area contributed by atoms with E-state index in [0.29, 0.717) is 31.6 Å². The maximum absolute atomic E-state index is 13.0. The summed E-state index contributed by atoms with van der Waals surface area (Å²) in [4.78, 5) is 72.7. The van der Waals surface area contributed by atoms with Gasteiger partial charge in [-0.1, -0.05) is 310 Å². The van der Waals surface area contributed by atoms with Gasteiger partial charge in [0.1, 0.15) is 19.3 Å². The molecular weight excluding hydrogens is 1250 g/mol. The summed E-state index contributed by atoms with van der Waals surface area (Å²) in [6.07, 6.45) is 55.3. The molecule has 0 aromatic carbocycles. The Bertz CT molecular complexity index is 1950. The molecule has 0 heterocycles. The lowest BCUT2D eigenvalue weighted by atomic mass is 10.00. The summed E-state index contributed by atoms with van der Waals surface area (Å²) in [6, 6.07) is 0. The number of ether oxygens (including phenoxy) is 4. The molecule has 0 aromatic heterocycles. The highest BCUT2D eigenvalue weighted by Crippen LogP contribution is 2.45. The number of esters is 4. The second-order valence-electron chi connectivity index (χ2n) is 27.9. The van der Waals surface area contributed by atoms with E-state index in [2.05, 4.69) is 72.8 Å². The van der Waals surface area contributed by atoms with Gasteiger partial charge >= 0.3 is 39.5 Å². The van der Waals surface area contributed by atoms with Crippen LogP contribution in [0, 0.1) is 17.8 Å². The normalized spacial score (nSPS) is 14.5. The van der Waals surface area contributed by atoms with Crippen LogP contribution in [0.5, 0.6) is 0 Å². The quantitative estimate of drug-likeness (QED) is 0.0169. The first kappa shape index (κ1) is 92.5. The number of allylic oxidation sites excluding steroid dienone is 4. The van der Waals surface area contributed by atoms with E-state index < -0.39 is 97.5 Å². The molecule has 95 heavy (non-hydrogen) atoms. The molecule has 0 amide bonds. The minimum atomic E-state index is -4.96. The first-order chi connectivity index (χ1) is 45.8. The molecule has 0 rings (SSSR count). The van der Waals surface area contributed by atoms with Crippen molar-refractivity contribution in [2.45, 2.75) is 381 Å². The van der Waals surface area contributed by atoms with Crippen LogP contribution in [0.3, 0.4) is 0 Å². The third-order valence-corrected chi connectivity index (χ3v) is 19.3. The fraction of sp³-hybridized carbons (Fsp3) is 0.895. The number of rotatable bonds is 72. The van der Waals surface area contributed by atoms with Crippen LogP contribution < -0.4 is 0 Å². The summed E-state index contributed by atoms with van der Waals surface area (Å²) in [5, 5.41) is 10.6. The molecule has 0 radical (unpaired) electrons. The van der Waals surface area contributed by atoms with E-state index in [1.807, 2.05) is 0 Å². The van der Waals surface area contributed by atoms with Crippen molar-refractivity contribution in [2.24, 2.45) is 17.8 Å². The van der Waals surface area contributed by atoms with E-state index in [-0.39, 0.29) is 25.7 Å². The molecule has 6 atom stereocenters. The standard InChI is InChI=1S/C76H144O17P2/c1-8-10-11-12-13-14-15-16-21-25-28-31-34-45-52-59-76(81)93-72(64-87-74(79)58-51-44-39-37-42-49-56-69(7)9-2)66-91-95(84,85)89-62-70(77)61-88-94(82,83)90-65-71(63-86-73(78)57-50-43-38-36-41-48-55-68(5)6)92-75(80)60-53-46-35-32-29-26-23-20-18-17-19-22-24-27-30-33-40-47-54-67(3)4/h14-16,21,67-72,77H,8-13,17-20,22-66H2,1-7H3,(H,82,83)(H,84,85)/b15-14-,21-16-/t69?,70?,71-,72-/m1/s1. The number of hydrogen-bond donors (Lipinski definition) is 3. The SMILES string of the molecule is CCCCCC/C=C\C=C/CCCCCCCC(=O)O[C@H](COC(=O)CCCCCCCCC(C)CC)COP(=O)(O)OCC(O)COP(=O)(O)OC[C@@H](COC(=O)CCCCCCCCC(C)C)OC(=O)CCCCCCCCCCCCCCCCCCCCC(C)C. The van der Waals surface area contributed by atoms with Crippen LogP contribution in [-0.2, 0) is 65.4 Å². The summed E-state index contributed by atoms with van der Waals surface area (Å²) < 4.78 is 68.4. The van der Waals surface area contributed by atoms with Crippen molar-refractivity contribution in [3.8, 4) is 0 Å². The first-order valence-corrected chi connectivity index (χ1v) is 41.7. The molecule has 19 heteroatoms. The molecule has 0 spiro atoms. The van der Waals surface area contributed by atoms with Crippen molar-refractivity contribution in [1.29, 1.82) is 0 Å². The molecule has 0 fully saturated rings. The van der Waals surface area contributed by atoms with Crippen molar-refractivity contribution in [3.05, 3.63) is 24.3 Å². The Kier molecular flexibility index (Phi) is 64.4. The molecule has 3 N–H and O–H groups in total. The fourth-order valence-corrected chi connectivity index (χ4v) is 12.6. The average Bonchev–Trinajstić information content (AvgIpc) is 2.64. The zero-order valence-electron chi connectivity index (χ0n) is 61.6. The Morgan fingerprint density at radius 3 is 0.937 bits per heavy atom. The Hall–Kier alpha value is -2.46. The lowest BCUT2D eigenvalue weighted by Gasteiger charge is -2.21. The Balaban J connectivity index is 5.20. The maximum atomic E-state index is 13.0. The number of phosphoric ester groups is 2. The highest BCUT2D eigenvalue weighted by atomic mass is 31.2. The largest absolute Gasteiger partial charge is 0.472 e. The zero-order chi connectivity index (χ0) is 70.1. The lowest BCUT2D eigenvalue weighted by Crippen LogP contribution is -2.30. The molecule has 0 saturated carbocycles. The highest BCUT2D eigenvalue weighted by molar-refractivity contribution is 7.47. The minimum absolute atomic E-state index is 0.0837. The molecular formula is C76H144O17P2. The third kappa shape index (κ3) is 68.5. The fourth-order valence-electron chi connectivity index (χ4n) is 11.0. The van der Waals surface area contributed by atoms with Crippen molar-refractivity contribution >= 4 is 39.5 Å². The van der Waals surface area contributed by atoms with Crippen LogP contribution in [0.2, 0.25) is 0 Å². The van der Waals surface area contributed by atoms with E-state index in [1.54, 1.807) is 0 Å². The number of phosphoric acid groups is 2. The van der Waals surface area contributed by atoms with Crippen molar-refractivity contribution in [1.82, 2.24) is 0 Å². The molecule has 560 valence electrons. The van der Waals surface area contributed by atoms with Crippen LogP contribution in [0.4, 0.5) is 0 Å². The molecule has 0 bridgehead atoms. The van der Waals surface area contributed by atoms with Gasteiger partial charge in [0.05, 0.1) is 26.4 Å². The lowest BCUT2D eigenvalue weighted by molar-refractivity contribution is -0.161. The molecule has 0 saturated heterocycles. The van der Waals surface area contributed by atoms with Gasteiger partial charge in [0.2, 0.25) is 0 Å². The van der Waals surface area contributed by atoms with Gasteiger partial charge in [-0.3, -0.25) is 37.3 Å². The Labute approximate surface area is 580 Å². The number of carbonyl (C=O) groups excluding carboxylic acids is 4. The summed E-state index contributed by atoms with van der Waals surface area (Å²) in [5.74, 6) is 0.0707. The van der Waals surface area contributed by atoms with Gasteiger partial charge in [-0.25, -0.2) is 9.13 Å². The molecule has 0 aromatic rings. The molecule has 0 aliphatic heterocycles. The topological polar surface area (TPSA) is 237 Å². The van der Waals surface area contributed by atoms with Crippen molar-refractivity contribution in [2.75, 3.05) is 39.6 Å². The molecule has 17 nitrogen and oxygen atoms in total. The van der Waals surface area contributed by atoms with Crippen LogP contribution >= 0.6 is 15.6 Å². The number of carbonyl (C=O) groups is 4. The van der Waals surface area contributed by atoms with Crippen LogP contribution in [0.1, 0.15) is 363 Å². The van der Waals surface area contributed by atoms with Gasteiger partial charge in [-0.05, 0) is 69.1 Å². The van der Waals surface area contributed by atoms with Crippen LogP contribution in [-0.4, -0.2) is 96.7 Å². The van der Waals surface area contributed by atoms with E-state index in [1.165, 1.54) is 148 Å². The van der Waals surface area contributed by atoms with Crippen LogP contribution in [0.15, 0.2) is 24.3 Å². The summed E-state index contributed by atoms with van der Waals surface area (Å²) in [7, 11) is -9.92. The summed E-state index contributed by atoms with van der Waals surface area (Å²) in [5.41, 5.74) is 0. The summed E-state index contributed by atoms with van der Waals surface area (Å²) >= 11 is 0. The predicted molar refractivity (Wildman–Crippen MR) is 386 cm³/mol. The smallest absolute Gasteiger partial charge is 0.462 e. The van der Waals surface area contributed by atoms with Crippen molar-refractivity contribution < 1.29 is 80.2 Å². The summed E-state index contributed by atoms with van der Waals surface area (Å²) in [6.45, 7) is 11.7. The number of aliphatic hydroxyl groups excluding tert-OH is 1. The second kappa shape index (κ2) is 66.1. The zero-order valence-corrected chi connectivity index (χ0v) is 63.4. The third-order valence-electron chi connectivity index (χ3n) is 17.4. The van der Waals surface area contributed by atoms with Gasteiger partial charge < -0.3 is 33.8 Å². The van der Waals surface area contributed by atoms with Crippen LogP contribution in [0.25, 0.3) is 0 Å². The predicted octanol–water partition coefficient (Wildman–Crippen LogP) is 21.7. The first-order valence-electron chi connectivity index (χ1n) is 38.7. The van der Waals surface area contributed by atoms with Gasteiger partial charge in [0.15, 0.2) is 12.2 Å². The number of hydrogen-bond acceptors (Lipinski definition) is 15. The minimum Gasteiger partial charge on any atom is -0.462 e. The molecule has 4 unspecified atom stereocenters. The van der Waals surface area contributed by atoms with E-state index in [4.69, 9.17) is 37.0 Å². The number of unbranched alkanes of at least 4 members (excludes halogenated alkanes) is 36. The average molecular weight is 1390 g/mol. The second-order valence-corrected chi connectivity index (χ2v) is 30.8.